The van der Waals surface area contributed by atoms with Crippen molar-refractivity contribution in [2.75, 3.05) is 32.7 Å². The van der Waals surface area contributed by atoms with Gasteiger partial charge in [0, 0.05) is 39.1 Å². The van der Waals surface area contributed by atoms with Gasteiger partial charge in [-0.15, -0.1) is 6.58 Å². The molecule has 1 amide bonds. The Morgan fingerprint density at radius 2 is 2.06 bits per heavy atom. The van der Waals surface area contributed by atoms with Gasteiger partial charge >= 0.3 is 0 Å². The van der Waals surface area contributed by atoms with Crippen LogP contribution in [0.2, 0.25) is 0 Å². The highest BCUT2D eigenvalue weighted by molar-refractivity contribution is 5.76. The molecule has 1 heterocycles. The van der Waals surface area contributed by atoms with Gasteiger partial charge in [-0.1, -0.05) is 19.9 Å². The van der Waals surface area contributed by atoms with Crippen molar-refractivity contribution < 1.29 is 4.79 Å². The van der Waals surface area contributed by atoms with Gasteiger partial charge in [0.2, 0.25) is 5.91 Å². The highest BCUT2D eigenvalue weighted by Gasteiger charge is 2.18. The first kappa shape index (κ1) is 13.2. The zero-order valence-corrected chi connectivity index (χ0v) is 10.6. The van der Waals surface area contributed by atoms with Gasteiger partial charge in [0.05, 0.1) is 0 Å². The minimum absolute atomic E-state index is 0.315. The van der Waals surface area contributed by atoms with Crippen molar-refractivity contribution in [3.63, 3.8) is 0 Å². The summed E-state index contributed by atoms with van der Waals surface area (Å²) >= 11 is 0. The van der Waals surface area contributed by atoms with Crippen molar-refractivity contribution in [2.24, 2.45) is 5.92 Å². The molecule has 1 saturated heterocycles. The molecule has 0 unspecified atom stereocenters. The number of rotatable bonds is 4. The van der Waals surface area contributed by atoms with E-state index in [9.17, 15) is 4.79 Å². The summed E-state index contributed by atoms with van der Waals surface area (Å²) in [4.78, 5) is 16.3. The van der Waals surface area contributed by atoms with Crippen LogP contribution in [0.5, 0.6) is 0 Å². The highest BCUT2D eigenvalue weighted by Crippen LogP contribution is 2.08. The number of hydrogen-bond donors (Lipinski definition) is 0. The summed E-state index contributed by atoms with van der Waals surface area (Å²) in [5.41, 5.74) is 0. The predicted molar refractivity (Wildman–Crippen MR) is 67.3 cm³/mol. The van der Waals surface area contributed by atoms with Gasteiger partial charge in [0.25, 0.3) is 0 Å². The molecule has 0 radical (unpaired) electrons. The molecule has 0 bridgehead atoms. The molecule has 1 fully saturated rings. The Morgan fingerprint density at radius 3 is 2.69 bits per heavy atom. The molecule has 3 nitrogen and oxygen atoms in total. The summed E-state index contributed by atoms with van der Waals surface area (Å²) in [6, 6.07) is 0. The van der Waals surface area contributed by atoms with Gasteiger partial charge in [-0.25, -0.2) is 0 Å². The number of carbonyl (C=O) groups is 1. The molecule has 0 aromatic heterocycles. The molecule has 3 heteroatoms. The Kier molecular flexibility index (Phi) is 5.53. The maximum absolute atomic E-state index is 11.9. The predicted octanol–water partition coefficient (Wildman–Crippen LogP) is 1.75. The lowest BCUT2D eigenvalue weighted by molar-refractivity contribution is -0.131. The fourth-order valence-corrected chi connectivity index (χ4v) is 2.06. The Morgan fingerprint density at radius 1 is 1.31 bits per heavy atom. The molecular formula is C13H24N2O. The molecule has 92 valence electrons. The standard InChI is InChI=1S/C13H24N2O/c1-4-6-14-7-5-8-15(10-9-14)13(16)11-12(2)3/h4,12H,1,5-11H2,2-3H3. The summed E-state index contributed by atoms with van der Waals surface area (Å²) in [5.74, 6) is 0.774. The molecule has 0 aromatic rings. The van der Waals surface area contributed by atoms with E-state index in [1.54, 1.807) is 0 Å². The van der Waals surface area contributed by atoms with E-state index in [0.717, 1.165) is 39.1 Å². The van der Waals surface area contributed by atoms with Crippen molar-refractivity contribution in [1.82, 2.24) is 9.80 Å². The fraction of sp³-hybridized carbons (Fsp3) is 0.769. The van der Waals surface area contributed by atoms with Crippen LogP contribution in [0.4, 0.5) is 0 Å². The topological polar surface area (TPSA) is 23.6 Å². The molecular weight excluding hydrogens is 200 g/mol. The van der Waals surface area contributed by atoms with Gasteiger partial charge in [0.1, 0.15) is 0 Å². The summed E-state index contributed by atoms with van der Waals surface area (Å²) < 4.78 is 0. The molecule has 0 atom stereocenters. The van der Waals surface area contributed by atoms with Crippen LogP contribution in [-0.2, 0) is 4.79 Å². The van der Waals surface area contributed by atoms with Crippen molar-refractivity contribution in [3.8, 4) is 0 Å². The number of nitrogens with zero attached hydrogens (tertiary/aromatic N) is 2. The van der Waals surface area contributed by atoms with Crippen molar-refractivity contribution in [1.29, 1.82) is 0 Å². The second-order valence-electron chi connectivity index (χ2n) is 4.92. The molecule has 0 aliphatic carbocycles. The van der Waals surface area contributed by atoms with E-state index < -0.39 is 0 Å². The minimum Gasteiger partial charge on any atom is -0.341 e. The molecule has 1 rings (SSSR count). The quantitative estimate of drug-likeness (QED) is 0.679. The lowest BCUT2D eigenvalue weighted by Crippen LogP contribution is -2.35. The number of carbonyl (C=O) groups excluding carboxylic acids is 1. The zero-order valence-electron chi connectivity index (χ0n) is 10.6. The Labute approximate surface area is 99.1 Å². The van der Waals surface area contributed by atoms with E-state index in [0.29, 0.717) is 18.2 Å². The van der Waals surface area contributed by atoms with E-state index in [1.807, 2.05) is 11.0 Å². The Hall–Kier alpha value is -0.830. The zero-order chi connectivity index (χ0) is 12.0. The Balaban J connectivity index is 2.40. The fourth-order valence-electron chi connectivity index (χ4n) is 2.06. The normalized spacial score (nSPS) is 18.6. The first-order valence-corrected chi connectivity index (χ1v) is 6.24. The second-order valence-corrected chi connectivity index (χ2v) is 4.92. The first-order valence-electron chi connectivity index (χ1n) is 6.24. The first-order chi connectivity index (χ1) is 7.63. The maximum Gasteiger partial charge on any atom is 0.222 e. The van der Waals surface area contributed by atoms with E-state index in [-0.39, 0.29) is 0 Å². The lowest BCUT2D eigenvalue weighted by atomic mass is 10.1. The van der Waals surface area contributed by atoms with Crippen molar-refractivity contribution in [3.05, 3.63) is 12.7 Å². The summed E-state index contributed by atoms with van der Waals surface area (Å²) in [7, 11) is 0. The second kappa shape index (κ2) is 6.69. The van der Waals surface area contributed by atoms with Crippen LogP contribution in [0, 0.1) is 5.92 Å². The molecule has 0 spiro atoms. The molecule has 0 N–H and O–H groups in total. The summed E-state index contributed by atoms with van der Waals surface area (Å²) in [6.45, 7) is 12.7. The van der Waals surface area contributed by atoms with E-state index in [1.165, 1.54) is 0 Å². The summed E-state index contributed by atoms with van der Waals surface area (Å²) in [5, 5.41) is 0. The average molecular weight is 224 g/mol. The maximum atomic E-state index is 11.9. The number of amides is 1. The van der Waals surface area contributed by atoms with E-state index in [4.69, 9.17) is 0 Å². The van der Waals surface area contributed by atoms with E-state index >= 15 is 0 Å². The lowest BCUT2D eigenvalue weighted by Gasteiger charge is -2.22. The monoisotopic (exact) mass is 224 g/mol. The van der Waals surface area contributed by atoms with Crippen LogP contribution in [0.1, 0.15) is 26.7 Å². The van der Waals surface area contributed by atoms with Crippen LogP contribution in [0.25, 0.3) is 0 Å². The van der Waals surface area contributed by atoms with E-state index in [2.05, 4.69) is 25.3 Å². The highest BCUT2D eigenvalue weighted by atomic mass is 16.2. The third-order valence-electron chi connectivity index (χ3n) is 2.91. The van der Waals surface area contributed by atoms with Crippen LogP contribution < -0.4 is 0 Å². The van der Waals surface area contributed by atoms with Crippen molar-refractivity contribution in [2.45, 2.75) is 26.7 Å². The molecule has 1 aliphatic rings. The van der Waals surface area contributed by atoms with Gasteiger partial charge in [-0.3, -0.25) is 9.69 Å². The van der Waals surface area contributed by atoms with Crippen LogP contribution in [-0.4, -0.2) is 48.4 Å². The largest absolute Gasteiger partial charge is 0.341 e. The third-order valence-corrected chi connectivity index (χ3v) is 2.91. The summed E-state index contributed by atoms with van der Waals surface area (Å²) in [6.07, 6.45) is 3.70. The smallest absolute Gasteiger partial charge is 0.222 e. The third kappa shape index (κ3) is 4.35. The van der Waals surface area contributed by atoms with Gasteiger partial charge < -0.3 is 4.90 Å². The number of hydrogen-bond acceptors (Lipinski definition) is 2. The molecule has 16 heavy (non-hydrogen) atoms. The SMILES string of the molecule is C=CCN1CCCN(C(=O)CC(C)C)CC1. The van der Waals surface area contributed by atoms with Gasteiger partial charge in [-0.05, 0) is 12.3 Å². The van der Waals surface area contributed by atoms with Gasteiger partial charge in [0.15, 0.2) is 0 Å². The minimum atomic E-state index is 0.315. The molecule has 0 aromatic carbocycles. The van der Waals surface area contributed by atoms with Crippen LogP contribution in [0.3, 0.4) is 0 Å². The van der Waals surface area contributed by atoms with Crippen LogP contribution in [0.15, 0.2) is 12.7 Å². The van der Waals surface area contributed by atoms with Crippen LogP contribution >= 0.6 is 0 Å². The molecule has 1 aliphatic heterocycles. The Bertz CT molecular complexity index is 238. The molecule has 0 saturated carbocycles. The van der Waals surface area contributed by atoms with Gasteiger partial charge in [-0.2, -0.15) is 0 Å². The average Bonchev–Trinajstić information content (AvgIpc) is 2.43. The van der Waals surface area contributed by atoms with Crippen molar-refractivity contribution >= 4 is 5.91 Å².